The smallest absolute Gasteiger partial charge is 0.337 e. The van der Waals surface area contributed by atoms with Crippen LogP contribution < -0.4 is 0 Å². The Morgan fingerprint density at radius 3 is 2.78 bits per heavy atom. The zero-order valence-electron chi connectivity index (χ0n) is 12.6. The van der Waals surface area contributed by atoms with Crippen LogP contribution in [0.25, 0.3) is 33.3 Å². The minimum atomic E-state index is -0.394. The van der Waals surface area contributed by atoms with Crippen LogP contribution in [0.1, 0.15) is 15.9 Å². The summed E-state index contributed by atoms with van der Waals surface area (Å²) < 4.78 is 10.6. The highest BCUT2D eigenvalue weighted by atomic mass is 16.5. The van der Waals surface area contributed by atoms with Crippen molar-refractivity contribution in [2.24, 2.45) is 0 Å². The average Bonchev–Trinajstić information content (AvgIpc) is 2.92. The molecule has 2 aliphatic heterocycles. The highest BCUT2D eigenvalue weighted by molar-refractivity contribution is 6.05. The molecule has 0 spiro atoms. The standard InChI is InChI=1S/C18H13NO4/c1-9-12-8-11(20)4-6-15(12)23-17-16(9)13-7-10(18(21)22-2)3-5-14(13)19-17/h3-8,20H,1-2H3. The van der Waals surface area contributed by atoms with Crippen molar-refractivity contribution in [2.45, 2.75) is 6.92 Å². The molecule has 1 N–H and O–H groups in total. The summed E-state index contributed by atoms with van der Waals surface area (Å²) in [7, 11) is 1.35. The number of carbonyl (C=O) groups is 1. The van der Waals surface area contributed by atoms with Crippen LogP contribution >= 0.6 is 0 Å². The SMILES string of the molecule is COC(=O)c1ccc2nc3oc4ccc(O)cc4c(C)c-3c2c1. The molecule has 0 aromatic heterocycles. The van der Waals surface area contributed by atoms with Gasteiger partial charge in [0.15, 0.2) is 0 Å². The molecule has 5 heteroatoms. The maximum atomic E-state index is 11.8. The van der Waals surface area contributed by atoms with Gasteiger partial charge in [-0.15, -0.1) is 0 Å². The molecule has 2 aliphatic rings. The van der Waals surface area contributed by atoms with Gasteiger partial charge < -0.3 is 14.3 Å². The van der Waals surface area contributed by atoms with Crippen molar-refractivity contribution in [3.8, 4) is 17.2 Å². The highest BCUT2D eigenvalue weighted by Gasteiger charge is 2.21. The number of esters is 1. The van der Waals surface area contributed by atoms with Crippen LogP contribution in [0.4, 0.5) is 0 Å². The fourth-order valence-electron chi connectivity index (χ4n) is 2.93. The molecule has 0 unspecified atom stereocenters. The molecule has 0 amide bonds. The van der Waals surface area contributed by atoms with Crippen molar-refractivity contribution in [1.29, 1.82) is 0 Å². The molecule has 0 bridgehead atoms. The lowest BCUT2D eigenvalue weighted by Gasteiger charge is -2.08. The van der Waals surface area contributed by atoms with Crippen LogP contribution in [0, 0.1) is 6.92 Å². The summed E-state index contributed by atoms with van der Waals surface area (Å²) >= 11 is 0. The second kappa shape index (κ2) is 4.71. The zero-order valence-corrected chi connectivity index (χ0v) is 12.6. The van der Waals surface area contributed by atoms with Crippen molar-refractivity contribution in [3.63, 3.8) is 0 Å². The van der Waals surface area contributed by atoms with E-state index < -0.39 is 5.97 Å². The van der Waals surface area contributed by atoms with Gasteiger partial charge in [-0.3, -0.25) is 0 Å². The van der Waals surface area contributed by atoms with E-state index in [0.29, 0.717) is 17.0 Å². The Morgan fingerprint density at radius 2 is 2.00 bits per heavy atom. The van der Waals surface area contributed by atoms with Gasteiger partial charge in [0.1, 0.15) is 11.3 Å². The number of hydrogen-bond donors (Lipinski definition) is 1. The molecule has 0 saturated heterocycles. The number of rotatable bonds is 1. The lowest BCUT2D eigenvalue weighted by molar-refractivity contribution is 0.0601. The number of nitrogens with zero attached hydrogens (tertiary/aromatic N) is 1. The summed E-state index contributed by atoms with van der Waals surface area (Å²) in [6.07, 6.45) is 0. The van der Waals surface area contributed by atoms with Crippen molar-refractivity contribution < 1.29 is 19.1 Å². The topological polar surface area (TPSA) is 72.6 Å². The molecular weight excluding hydrogens is 294 g/mol. The van der Waals surface area contributed by atoms with E-state index in [1.807, 2.05) is 6.92 Å². The molecule has 0 radical (unpaired) electrons. The molecule has 2 heterocycles. The second-order valence-electron chi connectivity index (χ2n) is 5.42. The van der Waals surface area contributed by atoms with Crippen molar-refractivity contribution in [2.75, 3.05) is 7.11 Å². The maximum absolute atomic E-state index is 11.8. The molecule has 23 heavy (non-hydrogen) atoms. The molecule has 0 aliphatic carbocycles. The van der Waals surface area contributed by atoms with E-state index in [0.717, 1.165) is 27.4 Å². The van der Waals surface area contributed by atoms with E-state index in [9.17, 15) is 9.90 Å². The predicted molar refractivity (Wildman–Crippen MR) is 85.9 cm³/mol. The molecule has 4 rings (SSSR count). The van der Waals surface area contributed by atoms with Crippen LogP contribution in [-0.4, -0.2) is 23.2 Å². The Kier molecular flexibility index (Phi) is 2.78. The Morgan fingerprint density at radius 1 is 1.17 bits per heavy atom. The largest absolute Gasteiger partial charge is 0.508 e. The van der Waals surface area contributed by atoms with Gasteiger partial charge in [0.05, 0.1) is 23.8 Å². The first-order valence-corrected chi connectivity index (χ1v) is 7.12. The van der Waals surface area contributed by atoms with Gasteiger partial charge in [0.2, 0.25) is 5.89 Å². The zero-order chi connectivity index (χ0) is 16.1. The second-order valence-corrected chi connectivity index (χ2v) is 5.42. The molecule has 0 fully saturated rings. The van der Waals surface area contributed by atoms with E-state index in [1.54, 1.807) is 36.4 Å². The van der Waals surface area contributed by atoms with Crippen LogP contribution in [0.5, 0.6) is 5.75 Å². The number of benzene rings is 2. The fourth-order valence-corrected chi connectivity index (χ4v) is 2.93. The lowest BCUT2D eigenvalue weighted by Crippen LogP contribution is -2.00. The van der Waals surface area contributed by atoms with Crippen LogP contribution in [-0.2, 0) is 4.74 Å². The molecule has 0 atom stereocenters. The predicted octanol–water partition coefficient (Wildman–Crippen LogP) is 3.89. The fraction of sp³-hybridized carbons (Fsp3) is 0.111. The summed E-state index contributed by atoms with van der Waals surface area (Å²) in [4.78, 5) is 16.3. The third kappa shape index (κ3) is 1.93. The van der Waals surface area contributed by atoms with Gasteiger partial charge in [-0.2, -0.15) is 0 Å². The number of methoxy groups -OCH3 is 1. The first-order valence-electron chi connectivity index (χ1n) is 7.12. The van der Waals surface area contributed by atoms with Crippen LogP contribution in [0.2, 0.25) is 0 Å². The van der Waals surface area contributed by atoms with Crippen LogP contribution in [0.3, 0.4) is 0 Å². The van der Waals surface area contributed by atoms with E-state index in [4.69, 9.17) is 9.15 Å². The summed E-state index contributed by atoms with van der Waals surface area (Å²) in [5.41, 5.74) is 3.65. The summed E-state index contributed by atoms with van der Waals surface area (Å²) in [5, 5.41) is 11.4. The van der Waals surface area contributed by atoms with Crippen LogP contribution in [0.15, 0.2) is 40.8 Å². The number of fused-ring (bicyclic) bond motifs is 4. The molecule has 2 aromatic rings. The Hall–Kier alpha value is -3.08. The highest BCUT2D eigenvalue weighted by Crippen LogP contribution is 2.39. The van der Waals surface area contributed by atoms with E-state index in [2.05, 4.69) is 4.98 Å². The van der Waals surface area contributed by atoms with Crippen molar-refractivity contribution in [3.05, 3.63) is 47.5 Å². The number of aromatic nitrogens is 1. The van der Waals surface area contributed by atoms with Gasteiger partial charge in [-0.25, -0.2) is 9.78 Å². The Bertz CT molecular complexity index is 1050. The number of phenols is 1. The van der Waals surface area contributed by atoms with Gasteiger partial charge >= 0.3 is 5.97 Å². The summed E-state index contributed by atoms with van der Waals surface area (Å²) in [6.45, 7) is 1.95. The van der Waals surface area contributed by atoms with Gasteiger partial charge in [0, 0.05) is 10.8 Å². The Balaban J connectivity index is 2.11. The van der Waals surface area contributed by atoms with Gasteiger partial charge in [0.25, 0.3) is 0 Å². The number of carbonyl (C=O) groups excluding carboxylic acids is 1. The van der Waals surface area contributed by atoms with Gasteiger partial charge in [-0.05, 0) is 48.9 Å². The minimum Gasteiger partial charge on any atom is -0.508 e. The normalized spacial score (nSPS) is 11.4. The molecule has 2 aromatic carbocycles. The quantitative estimate of drug-likeness (QED) is 0.540. The van der Waals surface area contributed by atoms with Gasteiger partial charge in [-0.1, -0.05) is 0 Å². The number of ether oxygens (including phenoxy) is 1. The van der Waals surface area contributed by atoms with Crippen molar-refractivity contribution in [1.82, 2.24) is 4.98 Å². The monoisotopic (exact) mass is 307 g/mol. The maximum Gasteiger partial charge on any atom is 0.337 e. The molecular formula is C18H13NO4. The number of aromatic hydroxyl groups is 1. The number of hydrogen-bond acceptors (Lipinski definition) is 5. The number of aryl methyl sites for hydroxylation is 1. The summed E-state index contributed by atoms with van der Waals surface area (Å²) in [6, 6.07) is 10.2. The van der Waals surface area contributed by atoms with E-state index in [-0.39, 0.29) is 5.75 Å². The van der Waals surface area contributed by atoms with E-state index in [1.165, 1.54) is 7.11 Å². The first-order chi connectivity index (χ1) is 11.1. The summed E-state index contributed by atoms with van der Waals surface area (Å²) in [5.74, 6) is 0.293. The average molecular weight is 307 g/mol. The number of phenolic OH excluding ortho intramolecular Hbond substituents is 1. The lowest BCUT2D eigenvalue weighted by atomic mass is 10.0. The molecule has 0 saturated carbocycles. The van der Waals surface area contributed by atoms with E-state index >= 15 is 0 Å². The third-order valence-electron chi connectivity index (χ3n) is 4.07. The third-order valence-corrected chi connectivity index (χ3v) is 4.07. The molecule has 114 valence electrons. The first kappa shape index (κ1) is 13.6. The Labute approximate surface area is 131 Å². The molecule has 5 nitrogen and oxygen atoms in total. The van der Waals surface area contributed by atoms with Crippen molar-refractivity contribution >= 4 is 27.8 Å². The minimum absolute atomic E-state index is 0.175.